The fourth-order valence-electron chi connectivity index (χ4n) is 4.69. The summed E-state index contributed by atoms with van der Waals surface area (Å²) < 4.78 is 79.6. The summed E-state index contributed by atoms with van der Waals surface area (Å²) in [6, 6.07) is 11.4. The Kier molecular flexibility index (Phi) is 9.51. The molecule has 1 fully saturated rings. The van der Waals surface area contributed by atoms with E-state index in [1.54, 1.807) is 6.07 Å². The number of rotatable bonds is 5. The Balaban J connectivity index is 0.000000417. The molecule has 1 aliphatic rings. The molecule has 0 amide bonds. The van der Waals surface area contributed by atoms with Gasteiger partial charge in [0.05, 0.1) is 23.5 Å². The van der Waals surface area contributed by atoms with Crippen LogP contribution in [0.1, 0.15) is 72.7 Å². The molecule has 0 unspecified atom stereocenters. The first kappa shape index (κ1) is 29.9. The molecule has 0 N–H and O–H groups in total. The van der Waals surface area contributed by atoms with Crippen LogP contribution in [0.2, 0.25) is 0 Å². The maximum absolute atomic E-state index is 13.5. The van der Waals surface area contributed by atoms with Gasteiger partial charge in [-0.15, -0.1) is 0 Å². The molecule has 0 aliphatic heterocycles. The first-order valence-electron chi connectivity index (χ1n) is 13.0. The van der Waals surface area contributed by atoms with Crippen molar-refractivity contribution in [2.24, 2.45) is 0 Å². The van der Waals surface area contributed by atoms with Crippen molar-refractivity contribution in [2.75, 3.05) is 0 Å². The van der Waals surface area contributed by atoms with E-state index in [9.17, 15) is 31.1 Å². The van der Waals surface area contributed by atoms with Gasteiger partial charge in [0.1, 0.15) is 11.5 Å². The van der Waals surface area contributed by atoms with Crippen LogP contribution in [0.15, 0.2) is 65.7 Å². The van der Waals surface area contributed by atoms with E-state index in [2.05, 4.69) is 20.1 Å². The molecule has 216 valence electrons. The Bertz CT molecular complexity index is 1520. The molecule has 3 aromatic heterocycles. The maximum Gasteiger partial charge on any atom is 0.418 e. The second kappa shape index (κ2) is 13.0. The Morgan fingerprint density at radius 2 is 1.71 bits per heavy atom. The van der Waals surface area contributed by atoms with Gasteiger partial charge in [-0.05, 0) is 67.6 Å². The normalized spacial score (nSPS) is 14.0. The van der Waals surface area contributed by atoms with Crippen LogP contribution >= 0.6 is 0 Å². The van der Waals surface area contributed by atoms with Crippen molar-refractivity contribution in [2.45, 2.75) is 64.1 Å². The molecule has 41 heavy (non-hydrogen) atoms. The zero-order valence-corrected chi connectivity index (χ0v) is 22.1. The van der Waals surface area contributed by atoms with Crippen molar-refractivity contribution in [1.82, 2.24) is 24.7 Å². The van der Waals surface area contributed by atoms with Gasteiger partial charge >= 0.3 is 6.18 Å². The lowest BCUT2D eigenvalue weighted by Crippen LogP contribution is -2.30. The number of alkyl halides is 5. The van der Waals surface area contributed by atoms with E-state index in [0.29, 0.717) is 5.56 Å². The molecule has 5 rings (SSSR count). The molecule has 0 saturated heterocycles. The third kappa shape index (κ3) is 7.77. The topological polar surface area (TPSA) is 73.6 Å². The fraction of sp³-hybridized carbons (Fsp3) is 0.345. The van der Waals surface area contributed by atoms with Crippen molar-refractivity contribution in [3.8, 4) is 11.4 Å². The van der Waals surface area contributed by atoms with E-state index in [1.807, 2.05) is 13.0 Å². The number of pyridine rings is 1. The Labute approximate surface area is 232 Å². The second-order valence-electron chi connectivity index (χ2n) is 9.68. The minimum atomic E-state index is -4.66. The van der Waals surface area contributed by atoms with Crippen molar-refractivity contribution < 1.29 is 26.3 Å². The maximum atomic E-state index is 13.5. The molecule has 0 bridgehead atoms. The molecule has 0 atom stereocenters. The van der Waals surface area contributed by atoms with Crippen LogP contribution in [0.3, 0.4) is 0 Å². The summed E-state index contributed by atoms with van der Waals surface area (Å²) in [6.07, 6.45) is -0.818. The molecule has 0 radical (unpaired) electrons. The SMILES string of the molecule is Cc1cccc(F)c1.O=c1c(C2CCCCC2)cc(-c2ccnc(C(F)F)n2)nn1Cc1ncccc1C(F)(F)F. The van der Waals surface area contributed by atoms with Gasteiger partial charge < -0.3 is 0 Å². The van der Waals surface area contributed by atoms with Gasteiger partial charge in [-0.1, -0.05) is 31.4 Å². The minimum Gasteiger partial charge on any atom is -0.267 e. The summed E-state index contributed by atoms with van der Waals surface area (Å²) in [5.74, 6) is -0.957. The lowest BCUT2D eigenvalue weighted by atomic mass is 9.84. The van der Waals surface area contributed by atoms with E-state index in [1.165, 1.54) is 36.5 Å². The van der Waals surface area contributed by atoms with Gasteiger partial charge in [-0.2, -0.15) is 18.3 Å². The summed E-state index contributed by atoms with van der Waals surface area (Å²) in [7, 11) is 0. The van der Waals surface area contributed by atoms with Gasteiger partial charge in [-0.3, -0.25) is 9.78 Å². The van der Waals surface area contributed by atoms with Crippen molar-refractivity contribution >= 4 is 0 Å². The molecule has 1 saturated carbocycles. The highest BCUT2D eigenvalue weighted by molar-refractivity contribution is 5.54. The zero-order valence-electron chi connectivity index (χ0n) is 22.1. The zero-order chi connectivity index (χ0) is 29.6. The van der Waals surface area contributed by atoms with Crippen LogP contribution in [0.25, 0.3) is 11.4 Å². The third-order valence-electron chi connectivity index (χ3n) is 6.65. The van der Waals surface area contributed by atoms with Gasteiger partial charge in [0.2, 0.25) is 0 Å². The Hall–Kier alpha value is -4.09. The smallest absolute Gasteiger partial charge is 0.267 e. The first-order valence-corrected chi connectivity index (χ1v) is 13.0. The average molecular weight is 576 g/mol. The number of nitrogens with zero attached hydrogens (tertiary/aromatic N) is 5. The molecule has 0 spiro atoms. The molecule has 3 heterocycles. The van der Waals surface area contributed by atoms with E-state index in [4.69, 9.17) is 0 Å². The van der Waals surface area contributed by atoms with Gasteiger partial charge in [-0.25, -0.2) is 27.8 Å². The number of aromatic nitrogens is 5. The highest BCUT2D eigenvalue weighted by Crippen LogP contribution is 2.33. The molecule has 1 aromatic carbocycles. The van der Waals surface area contributed by atoms with Crippen LogP contribution in [-0.2, 0) is 12.7 Å². The molecule has 1 aliphatic carbocycles. The largest absolute Gasteiger partial charge is 0.418 e. The van der Waals surface area contributed by atoms with Crippen LogP contribution < -0.4 is 5.56 Å². The Morgan fingerprint density at radius 1 is 0.951 bits per heavy atom. The minimum absolute atomic E-state index is 0.0585. The summed E-state index contributed by atoms with van der Waals surface area (Å²) in [4.78, 5) is 24.4. The predicted molar refractivity (Wildman–Crippen MR) is 140 cm³/mol. The highest BCUT2D eigenvalue weighted by atomic mass is 19.4. The second-order valence-corrected chi connectivity index (χ2v) is 9.68. The van der Waals surface area contributed by atoms with Gasteiger partial charge in [0, 0.05) is 18.0 Å². The summed E-state index contributed by atoms with van der Waals surface area (Å²) in [5, 5.41) is 4.18. The van der Waals surface area contributed by atoms with Gasteiger partial charge in [0.15, 0.2) is 5.82 Å². The summed E-state index contributed by atoms with van der Waals surface area (Å²) in [5.41, 5.74) is -0.321. The highest BCUT2D eigenvalue weighted by Gasteiger charge is 2.34. The number of hydrogen-bond donors (Lipinski definition) is 0. The molecule has 12 heteroatoms. The van der Waals surface area contributed by atoms with Crippen molar-refractivity contribution in [3.05, 3.63) is 105 Å². The molecule has 4 aromatic rings. The summed E-state index contributed by atoms with van der Waals surface area (Å²) in [6.45, 7) is 1.35. The van der Waals surface area contributed by atoms with Crippen molar-refractivity contribution in [1.29, 1.82) is 0 Å². The van der Waals surface area contributed by atoms with Gasteiger partial charge in [0.25, 0.3) is 12.0 Å². The van der Waals surface area contributed by atoms with Crippen LogP contribution in [-0.4, -0.2) is 24.7 Å². The van der Waals surface area contributed by atoms with Crippen LogP contribution in [0.4, 0.5) is 26.3 Å². The monoisotopic (exact) mass is 575 g/mol. The molecular weight excluding hydrogens is 548 g/mol. The van der Waals surface area contributed by atoms with Crippen LogP contribution in [0, 0.1) is 12.7 Å². The standard InChI is InChI=1S/C22H20F5N5O.C7H7F/c23-19(24)20-29-10-8-16(30-20)17-11-14(13-5-2-1-3-6-13)21(33)32(31-17)12-18-15(22(25,26)27)7-4-9-28-18;1-6-3-2-4-7(8)5-6/h4,7-11,13,19H,1-3,5-6,12H2;2-5H,1H3. The number of benzene rings is 1. The van der Waals surface area contributed by atoms with E-state index in [-0.39, 0.29) is 28.8 Å². The first-order chi connectivity index (χ1) is 19.5. The number of hydrogen-bond acceptors (Lipinski definition) is 5. The van der Waals surface area contributed by atoms with Crippen molar-refractivity contribution in [3.63, 3.8) is 0 Å². The molecular formula is C29H27F6N5O. The van der Waals surface area contributed by atoms with E-state index in [0.717, 1.165) is 54.6 Å². The lowest BCUT2D eigenvalue weighted by Gasteiger charge is -2.22. The summed E-state index contributed by atoms with van der Waals surface area (Å²) >= 11 is 0. The predicted octanol–water partition coefficient (Wildman–Crippen LogP) is 7.28. The third-order valence-corrected chi connectivity index (χ3v) is 6.65. The lowest BCUT2D eigenvalue weighted by molar-refractivity contribution is -0.138. The number of aryl methyl sites for hydroxylation is 1. The van der Waals surface area contributed by atoms with E-state index < -0.39 is 36.1 Å². The Morgan fingerprint density at radius 3 is 2.34 bits per heavy atom. The van der Waals surface area contributed by atoms with Crippen LogP contribution in [0.5, 0.6) is 0 Å². The van der Waals surface area contributed by atoms with E-state index >= 15 is 0 Å². The number of halogens is 6. The average Bonchev–Trinajstić information content (AvgIpc) is 2.94. The quantitative estimate of drug-likeness (QED) is 0.234. The molecule has 6 nitrogen and oxygen atoms in total. The fourth-order valence-corrected chi connectivity index (χ4v) is 4.69.